The lowest BCUT2D eigenvalue weighted by molar-refractivity contribution is -0.128. The maximum absolute atomic E-state index is 12.4. The molecule has 0 unspecified atom stereocenters. The molecule has 1 fully saturated rings. The van der Waals surface area contributed by atoms with Crippen molar-refractivity contribution in [1.29, 1.82) is 0 Å². The van der Waals surface area contributed by atoms with Crippen molar-refractivity contribution in [3.05, 3.63) is 35.5 Å². The quantitative estimate of drug-likeness (QED) is 0.663. The Morgan fingerprint density at radius 3 is 2.53 bits per heavy atom. The molecule has 2 heterocycles. The van der Waals surface area contributed by atoms with Gasteiger partial charge in [0.15, 0.2) is 0 Å². The summed E-state index contributed by atoms with van der Waals surface area (Å²) in [6.07, 6.45) is 11.8. The van der Waals surface area contributed by atoms with E-state index in [9.17, 15) is 4.79 Å². The lowest BCUT2D eigenvalue weighted by Crippen LogP contribution is -2.50. The topological polar surface area (TPSA) is 23.6 Å². The number of hydrogen-bond donors (Lipinski definition) is 0. The zero-order valence-electron chi connectivity index (χ0n) is 11.9. The van der Waals surface area contributed by atoms with Crippen LogP contribution in [-0.4, -0.2) is 49.4 Å². The molecule has 0 aromatic carbocycles. The summed E-state index contributed by atoms with van der Waals surface area (Å²) >= 11 is 0. The van der Waals surface area contributed by atoms with Gasteiger partial charge >= 0.3 is 0 Å². The number of likely N-dealkylation sites (tertiary alicyclic amines) is 1. The van der Waals surface area contributed by atoms with E-state index in [1.165, 1.54) is 5.57 Å². The van der Waals surface area contributed by atoms with Gasteiger partial charge in [0.1, 0.15) is 0 Å². The smallest absolute Gasteiger partial charge is 0.253 e. The van der Waals surface area contributed by atoms with Crippen LogP contribution in [0.25, 0.3) is 0 Å². The van der Waals surface area contributed by atoms with Gasteiger partial charge in [-0.05, 0) is 45.0 Å². The maximum Gasteiger partial charge on any atom is 0.253 e. The molecule has 19 heavy (non-hydrogen) atoms. The van der Waals surface area contributed by atoms with E-state index < -0.39 is 0 Å². The highest BCUT2D eigenvalue weighted by molar-refractivity contribution is 5.99. The number of carbonyl (C=O) groups is 1. The summed E-state index contributed by atoms with van der Waals surface area (Å²) in [5, 5.41) is 0. The van der Waals surface area contributed by atoms with Gasteiger partial charge in [-0.15, -0.1) is 0 Å². The number of amides is 1. The van der Waals surface area contributed by atoms with Crippen molar-refractivity contribution in [2.45, 2.75) is 19.3 Å². The molecular weight excluding hydrogens is 236 g/mol. The molecule has 0 aromatic rings. The Kier molecular flexibility index (Phi) is 3.09. The second kappa shape index (κ2) is 4.64. The van der Waals surface area contributed by atoms with Crippen molar-refractivity contribution in [2.24, 2.45) is 5.41 Å². The molecule has 0 bridgehead atoms. The third kappa shape index (κ3) is 2.06. The van der Waals surface area contributed by atoms with Crippen LogP contribution in [0.15, 0.2) is 35.5 Å². The predicted molar refractivity (Wildman–Crippen MR) is 76.7 cm³/mol. The van der Waals surface area contributed by atoms with Gasteiger partial charge in [-0.25, -0.2) is 0 Å². The molecular formula is C16H22N2O. The molecule has 1 aliphatic carbocycles. The van der Waals surface area contributed by atoms with E-state index in [4.69, 9.17) is 0 Å². The molecule has 0 radical (unpaired) electrons. The van der Waals surface area contributed by atoms with Crippen molar-refractivity contribution < 1.29 is 4.79 Å². The summed E-state index contributed by atoms with van der Waals surface area (Å²) in [6.45, 7) is 3.11. The Balaban J connectivity index is 2.06. The Labute approximate surface area is 115 Å². The Bertz CT molecular complexity index is 479. The Morgan fingerprint density at radius 1 is 1.11 bits per heavy atom. The summed E-state index contributed by atoms with van der Waals surface area (Å²) in [5.74, 6) is 0.183. The van der Waals surface area contributed by atoms with Crippen LogP contribution in [0, 0.1) is 5.41 Å². The largest absolute Gasteiger partial charge is 0.341 e. The summed E-state index contributed by atoms with van der Waals surface area (Å²) in [7, 11) is 4.12. The first-order valence-electron chi connectivity index (χ1n) is 7.14. The molecule has 1 spiro atoms. The third-order valence-corrected chi connectivity index (χ3v) is 4.76. The van der Waals surface area contributed by atoms with Gasteiger partial charge in [0.25, 0.3) is 5.91 Å². The first kappa shape index (κ1) is 12.7. The standard InChI is InChI=1S/C16H22N2O/c1-17-10-8-16(9-11-17)12-18(2)15(19)13-6-4-3-5-7-14(13)16/h4-7H,3,8-12H2,1-2H3. The molecule has 1 amide bonds. The lowest BCUT2D eigenvalue weighted by Gasteiger charge is -2.47. The average Bonchev–Trinajstić information content (AvgIpc) is 2.66. The molecule has 2 aliphatic heterocycles. The lowest BCUT2D eigenvalue weighted by atomic mass is 9.68. The molecule has 3 aliphatic rings. The highest BCUT2D eigenvalue weighted by Gasteiger charge is 2.43. The minimum atomic E-state index is 0.176. The molecule has 3 rings (SSSR count). The minimum Gasteiger partial charge on any atom is -0.341 e. The fraction of sp³-hybridized carbons (Fsp3) is 0.562. The van der Waals surface area contributed by atoms with E-state index in [2.05, 4.69) is 30.2 Å². The zero-order chi connectivity index (χ0) is 13.5. The summed E-state index contributed by atoms with van der Waals surface area (Å²) < 4.78 is 0. The van der Waals surface area contributed by atoms with Crippen molar-refractivity contribution in [2.75, 3.05) is 33.7 Å². The molecule has 3 nitrogen and oxygen atoms in total. The van der Waals surface area contributed by atoms with Crippen LogP contribution in [0.1, 0.15) is 19.3 Å². The summed E-state index contributed by atoms with van der Waals surface area (Å²) in [5.41, 5.74) is 2.39. The van der Waals surface area contributed by atoms with E-state index in [0.29, 0.717) is 0 Å². The predicted octanol–water partition coefficient (Wildman–Crippen LogP) is 1.98. The number of nitrogens with zero attached hydrogens (tertiary/aromatic N) is 2. The van der Waals surface area contributed by atoms with Crippen molar-refractivity contribution in [1.82, 2.24) is 9.80 Å². The van der Waals surface area contributed by atoms with E-state index in [-0.39, 0.29) is 11.3 Å². The van der Waals surface area contributed by atoms with Gasteiger partial charge in [-0.2, -0.15) is 0 Å². The summed E-state index contributed by atoms with van der Waals surface area (Å²) in [4.78, 5) is 16.7. The van der Waals surface area contributed by atoms with Gasteiger partial charge in [0.05, 0.1) is 0 Å². The fourth-order valence-electron chi connectivity index (χ4n) is 3.57. The fourth-order valence-corrected chi connectivity index (χ4v) is 3.57. The van der Waals surface area contributed by atoms with Crippen LogP contribution in [-0.2, 0) is 4.79 Å². The molecule has 0 N–H and O–H groups in total. The van der Waals surface area contributed by atoms with Crippen LogP contribution in [0.2, 0.25) is 0 Å². The molecule has 0 saturated carbocycles. The first-order chi connectivity index (χ1) is 9.12. The van der Waals surface area contributed by atoms with E-state index in [0.717, 1.165) is 44.5 Å². The summed E-state index contributed by atoms with van der Waals surface area (Å²) in [6, 6.07) is 0. The second-order valence-corrected chi connectivity index (χ2v) is 6.11. The van der Waals surface area contributed by atoms with Gasteiger partial charge in [-0.1, -0.05) is 24.3 Å². The number of piperidine rings is 1. The monoisotopic (exact) mass is 258 g/mol. The molecule has 102 valence electrons. The highest BCUT2D eigenvalue weighted by Crippen LogP contribution is 2.45. The third-order valence-electron chi connectivity index (χ3n) is 4.76. The minimum absolute atomic E-state index is 0.176. The van der Waals surface area contributed by atoms with Crippen molar-refractivity contribution in [3.63, 3.8) is 0 Å². The second-order valence-electron chi connectivity index (χ2n) is 6.11. The van der Waals surface area contributed by atoms with E-state index >= 15 is 0 Å². The molecule has 0 aromatic heterocycles. The van der Waals surface area contributed by atoms with Crippen LogP contribution in [0.3, 0.4) is 0 Å². The van der Waals surface area contributed by atoms with Gasteiger partial charge in [-0.3, -0.25) is 4.79 Å². The van der Waals surface area contributed by atoms with Gasteiger partial charge in [0, 0.05) is 24.6 Å². The number of rotatable bonds is 0. The van der Waals surface area contributed by atoms with Crippen molar-refractivity contribution >= 4 is 5.91 Å². The number of fused-ring (bicyclic) bond motifs is 1. The average molecular weight is 258 g/mol. The van der Waals surface area contributed by atoms with Crippen LogP contribution in [0.4, 0.5) is 0 Å². The van der Waals surface area contributed by atoms with Gasteiger partial charge in [0.2, 0.25) is 0 Å². The Hall–Kier alpha value is -1.35. The first-order valence-corrected chi connectivity index (χ1v) is 7.14. The van der Waals surface area contributed by atoms with Crippen LogP contribution < -0.4 is 0 Å². The number of likely N-dealkylation sites (N-methyl/N-ethyl adjacent to an activating group) is 1. The molecule has 0 atom stereocenters. The van der Waals surface area contributed by atoms with Crippen molar-refractivity contribution in [3.8, 4) is 0 Å². The van der Waals surface area contributed by atoms with Crippen LogP contribution in [0.5, 0.6) is 0 Å². The highest BCUT2D eigenvalue weighted by atomic mass is 16.2. The van der Waals surface area contributed by atoms with E-state index in [1.807, 2.05) is 18.0 Å². The van der Waals surface area contributed by atoms with Gasteiger partial charge < -0.3 is 9.80 Å². The zero-order valence-corrected chi connectivity index (χ0v) is 11.9. The molecule has 3 heteroatoms. The molecule has 1 saturated heterocycles. The normalized spacial score (nSPS) is 26.8. The van der Waals surface area contributed by atoms with E-state index in [1.54, 1.807) is 0 Å². The number of allylic oxidation sites excluding steroid dienone is 3. The SMILES string of the molecule is CN1CCC2(CC1)CN(C)C(=O)C1=C2C=CCC=C1. The van der Waals surface area contributed by atoms with Crippen LogP contribution >= 0.6 is 0 Å². The number of carbonyl (C=O) groups excluding carboxylic acids is 1. The number of hydrogen-bond acceptors (Lipinski definition) is 2. The Morgan fingerprint density at radius 2 is 1.79 bits per heavy atom. The maximum atomic E-state index is 12.4.